The van der Waals surface area contributed by atoms with Gasteiger partial charge in [0.15, 0.2) is 5.82 Å². The average Bonchev–Trinajstić information content (AvgIpc) is 3.04. The topological polar surface area (TPSA) is 73.1 Å². The molecule has 126 valence electrons. The van der Waals surface area contributed by atoms with E-state index in [0.717, 1.165) is 23.2 Å². The van der Waals surface area contributed by atoms with Crippen molar-refractivity contribution in [2.45, 2.75) is 13.0 Å². The summed E-state index contributed by atoms with van der Waals surface area (Å²) in [6.07, 6.45) is 0. The maximum absolute atomic E-state index is 13.4. The molecular formula is C16H16ClFN4O2. The molecule has 0 radical (unpaired) electrons. The van der Waals surface area contributed by atoms with Crippen molar-refractivity contribution in [3.05, 3.63) is 41.6 Å². The zero-order chi connectivity index (χ0) is 15.8. The fourth-order valence-corrected chi connectivity index (χ4v) is 2.73. The van der Waals surface area contributed by atoms with Crippen LogP contribution >= 0.6 is 12.4 Å². The predicted molar refractivity (Wildman–Crippen MR) is 88.5 cm³/mol. The van der Waals surface area contributed by atoms with Gasteiger partial charge in [-0.3, -0.25) is 4.98 Å². The van der Waals surface area contributed by atoms with Crippen LogP contribution < -0.4 is 5.32 Å². The first kappa shape index (κ1) is 16.8. The molecule has 1 aliphatic heterocycles. The summed E-state index contributed by atoms with van der Waals surface area (Å²) in [5, 5.41) is 8.11. The van der Waals surface area contributed by atoms with E-state index >= 15 is 0 Å². The summed E-state index contributed by atoms with van der Waals surface area (Å²) in [6.45, 7) is 3.80. The van der Waals surface area contributed by atoms with Crippen LogP contribution in [0.3, 0.4) is 0 Å². The molecule has 1 N–H and O–H groups in total. The number of rotatable bonds is 2. The van der Waals surface area contributed by atoms with E-state index in [9.17, 15) is 4.39 Å². The minimum absolute atomic E-state index is 0. The first-order chi connectivity index (χ1) is 11.2. The van der Waals surface area contributed by atoms with Crippen molar-refractivity contribution in [2.75, 3.05) is 19.8 Å². The van der Waals surface area contributed by atoms with Gasteiger partial charge in [-0.05, 0) is 25.1 Å². The van der Waals surface area contributed by atoms with Crippen LogP contribution in [-0.4, -0.2) is 34.9 Å². The SMILES string of the molecule is Cc1cc(-c2nc(C3COCCN3)no2)c2ccc(F)cc2n1.Cl. The summed E-state index contributed by atoms with van der Waals surface area (Å²) in [4.78, 5) is 8.83. The van der Waals surface area contributed by atoms with Gasteiger partial charge in [0.2, 0.25) is 0 Å². The molecule has 0 bridgehead atoms. The first-order valence-corrected chi connectivity index (χ1v) is 7.43. The van der Waals surface area contributed by atoms with E-state index in [-0.39, 0.29) is 24.3 Å². The Morgan fingerprint density at radius 1 is 1.25 bits per heavy atom. The van der Waals surface area contributed by atoms with Gasteiger partial charge in [0.1, 0.15) is 5.82 Å². The van der Waals surface area contributed by atoms with Crippen molar-refractivity contribution in [3.8, 4) is 11.5 Å². The molecule has 1 aliphatic rings. The Morgan fingerprint density at radius 2 is 2.12 bits per heavy atom. The summed E-state index contributed by atoms with van der Waals surface area (Å²) in [6, 6.07) is 6.27. The van der Waals surface area contributed by atoms with E-state index in [2.05, 4.69) is 20.4 Å². The molecule has 6 nitrogen and oxygen atoms in total. The zero-order valence-electron chi connectivity index (χ0n) is 13.0. The lowest BCUT2D eigenvalue weighted by molar-refractivity contribution is 0.0734. The number of nitrogens with one attached hydrogen (secondary N) is 1. The van der Waals surface area contributed by atoms with Gasteiger partial charge in [-0.25, -0.2) is 4.39 Å². The molecule has 0 spiro atoms. The second-order valence-corrected chi connectivity index (χ2v) is 5.51. The number of nitrogens with zero attached hydrogens (tertiary/aromatic N) is 3. The Kier molecular flexibility index (Phi) is 4.75. The monoisotopic (exact) mass is 350 g/mol. The third-order valence-electron chi connectivity index (χ3n) is 3.81. The average molecular weight is 351 g/mol. The summed E-state index contributed by atoms with van der Waals surface area (Å²) in [5.41, 5.74) is 2.08. The molecule has 8 heteroatoms. The zero-order valence-corrected chi connectivity index (χ0v) is 13.8. The molecule has 1 unspecified atom stereocenters. The van der Waals surface area contributed by atoms with Crippen LogP contribution in [0.5, 0.6) is 0 Å². The van der Waals surface area contributed by atoms with Crippen LogP contribution in [0, 0.1) is 12.7 Å². The highest BCUT2D eigenvalue weighted by atomic mass is 35.5. The normalized spacial score (nSPS) is 17.7. The van der Waals surface area contributed by atoms with Crippen LogP contribution in [0.2, 0.25) is 0 Å². The standard InChI is InChI=1S/C16H15FN4O2.ClH/c1-9-6-12(11-3-2-10(17)7-13(11)19-9)16-20-15(21-23-16)14-8-22-5-4-18-14;/h2-3,6-7,14,18H,4-5,8H2,1H3;1H. The second-order valence-electron chi connectivity index (χ2n) is 5.51. The number of aromatic nitrogens is 3. The van der Waals surface area contributed by atoms with E-state index in [1.807, 2.05) is 13.0 Å². The van der Waals surface area contributed by atoms with Gasteiger partial charge >= 0.3 is 0 Å². The van der Waals surface area contributed by atoms with E-state index in [0.29, 0.717) is 30.4 Å². The van der Waals surface area contributed by atoms with Crippen LogP contribution in [0.15, 0.2) is 28.8 Å². The third-order valence-corrected chi connectivity index (χ3v) is 3.81. The van der Waals surface area contributed by atoms with Gasteiger partial charge in [0, 0.05) is 23.7 Å². The lowest BCUT2D eigenvalue weighted by Crippen LogP contribution is -2.35. The minimum atomic E-state index is -0.323. The predicted octanol–water partition coefficient (Wildman–Crippen LogP) is 2.82. The molecule has 0 aliphatic carbocycles. The van der Waals surface area contributed by atoms with E-state index in [1.165, 1.54) is 12.1 Å². The summed E-state index contributed by atoms with van der Waals surface area (Å²) < 4.78 is 24.3. The van der Waals surface area contributed by atoms with Crippen molar-refractivity contribution in [1.29, 1.82) is 0 Å². The molecule has 24 heavy (non-hydrogen) atoms. The summed E-state index contributed by atoms with van der Waals surface area (Å²) >= 11 is 0. The maximum atomic E-state index is 13.4. The van der Waals surface area contributed by atoms with Crippen LogP contribution in [0.1, 0.15) is 17.6 Å². The lowest BCUT2D eigenvalue weighted by Gasteiger charge is -2.20. The molecule has 0 amide bonds. The van der Waals surface area contributed by atoms with Crippen molar-refractivity contribution in [2.24, 2.45) is 0 Å². The van der Waals surface area contributed by atoms with Crippen LogP contribution in [-0.2, 0) is 4.74 Å². The van der Waals surface area contributed by atoms with Crippen molar-refractivity contribution in [1.82, 2.24) is 20.4 Å². The molecule has 1 saturated heterocycles. The molecule has 4 rings (SSSR count). The number of benzene rings is 1. The van der Waals surface area contributed by atoms with Gasteiger partial charge in [-0.15, -0.1) is 12.4 Å². The fraction of sp³-hybridized carbons (Fsp3) is 0.312. The molecule has 2 aromatic heterocycles. The number of ether oxygens (including phenoxy) is 1. The smallest absolute Gasteiger partial charge is 0.258 e. The van der Waals surface area contributed by atoms with Crippen molar-refractivity contribution in [3.63, 3.8) is 0 Å². The number of aryl methyl sites for hydroxylation is 1. The maximum Gasteiger partial charge on any atom is 0.258 e. The Bertz CT molecular complexity index is 859. The van der Waals surface area contributed by atoms with Gasteiger partial charge in [-0.2, -0.15) is 4.98 Å². The quantitative estimate of drug-likeness (QED) is 0.766. The van der Waals surface area contributed by atoms with Crippen molar-refractivity contribution < 1.29 is 13.7 Å². The molecule has 0 saturated carbocycles. The number of morpholine rings is 1. The summed E-state index contributed by atoms with van der Waals surface area (Å²) in [5.74, 6) is 0.634. The number of hydrogen-bond donors (Lipinski definition) is 1. The minimum Gasteiger partial charge on any atom is -0.378 e. The van der Waals surface area contributed by atoms with Crippen molar-refractivity contribution >= 4 is 23.3 Å². The Hall–Kier alpha value is -2.09. The van der Waals surface area contributed by atoms with Gasteiger partial charge in [-0.1, -0.05) is 5.16 Å². The highest BCUT2D eigenvalue weighted by Gasteiger charge is 2.22. The second kappa shape index (κ2) is 6.80. The Morgan fingerprint density at radius 3 is 2.92 bits per heavy atom. The van der Waals surface area contributed by atoms with Crippen LogP contribution in [0.25, 0.3) is 22.4 Å². The Labute approximate surface area is 143 Å². The van der Waals surface area contributed by atoms with E-state index in [1.54, 1.807) is 6.07 Å². The molecule has 1 atom stereocenters. The number of hydrogen-bond acceptors (Lipinski definition) is 6. The van der Waals surface area contributed by atoms with Gasteiger partial charge in [0.25, 0.3) is 5.89 Å². The number of halogens is 2. The molecule has 1 fully saturated rings. The van der Waals surface area contributed by atoms with Gasteiger partial charge < -0.3 is 14.6 Å². The lowest BCUT2D eigenvalue weighted by atomic mass is 10.1. The summed E-state index contributed by atoms with van der Waals surface area (Å²) in [7, 11) is 0. The van der Waals surface area contributed by atoms with E-state index in [4.69, 9.17) is 9.26 Å². The highest BCUT2D eigenvalue weighted by molar-refractivity contribution is 5.92. The highest BCUT2D eigenvalue weighted by Crippen LogP contribution is 2.28. The fourth-order valence-electron chi connectivity index (χ4n) is 2.73. The molecular weight excluding hydrogens is 335 g/mol. The van der Waals surface area contributed by atoms with E-state index < -0.39 is 0 Å². The largest absolute Gasteiger partial charge is 0.378 e. The van der Waals surface area contributed by atoms with Gasteiger partial charge in [0.05, 0.1) is 30.3 Å². The number of fused-ring (bicyclic) bond motifs is 1. The van der Waals surface area contributed by atoms with Crippen LogP contribution in [0.4, 0.5) is 4.39 Å². The molecule has 1 aromatic carbocycles. The first-order valence-electron chi connectivity index (χ1n) is 7.43. The molecule has 3 heterocycles. The third kappa shape index (κ3) is 3.10. The number of pyridine rings is 1. The Balaban J connectivity index is 0.00000169. The molecule has 3 aromatic rings.